The molecule has 0 fully saturated rings. The standard InChI is InChI=1S/C21H23NO/c1-22(2)15-16-12-13-18(14-16)19-10-6-7-11-20(19)21(23)17-8-4-3-5-9-17/h3-14,18,21,23H,15H2,1-2H3. The minimum atomic E-state index is -0.591. The van der Waals surface area contributed by atoms with Gasteiger partial charge in [0, 0.05) is 12.5 Å². The van der Waals surface area contributed by atoms with Gasteiger partial charge in [-0.15, -0.1) is 0 Å². The smallest absolute Gasteiger partial charge is 0.104 e. The number of aliphatic hydroxyl groups excluding tert-OH is 1. The van der Waals surface area contributed by atoms with Crippen LogP contribution in [-0.2, 0) is 0 Å². The molecule has 0 aliphatic heterocycles. The summed E-state index contributed by atoms with van der Waals surface area (Å²) < 4.78 is 0. The lowest BCUT2D eigenvalue weighted by molar-refractivity contribution is 0.219. The predicted molar refractivity (Wildman–Crippen MR) is 95.5 cm³/mol. The summed E-state index contributed by atoms with van der Waals surface area (Å²) in [4.78, 5) is 2.17. The van der Waals surface area contributed by atoms with Gasteiger partial charge in [0.25, 0.3) is 0 Å². The van der Waals surface area contributed by atoms with Crippen LogP contribution in [0, 0.1) is 0 Å². The maximum atomic E-state index is 10.8. The van der Waals surface area contributed by atoms with Crippen molar-refractivity contribution >= 4 is 0 Å². The average molecular weight is 305 g/mol. The number of likely N-dealkylation sites (N-methyl/N-ethyl adjacent to an activating group) is 1. The van der Waals surface area contributed by atoms with Crippen LogP contribution in [0.25, 0.3) is 0 Å². The van der Waals surface area contributed by atoms with E-state index in [9.17, 15) is 5.11 Å². The maximum Gasteiger partial charge on any atom is 0.104 e. The quantitative estimate of drug-likeness (QED) is 0.905. The van der Waals surface area contributed by atoms with Crippen LogP contribution in [0.4, 0.5) is 0 Å². The van der Waals surface area contributed by atoms with Crippen LogP contribution in [-0.4, -0.2) is 30.6 Å². The highest BCUT2D eigenvalue weighted by Gasteiger charge is 2.20. The fraction of sp³-hybridized carbons (Fsp3) is 0.238. The number of nitrogens with zero attached hydrogens (tertiary/aromatic N) is 1. The monoisotopic (exact) mass is 305 g/mol. The summed E-state index contributed by atoms with van der Waals surface area (Å²) in [5.74, 6) is 0.236. The van der Waals surface area contributed by atoms with Crippen LogP contribution in [0.1, 0.15) is 28.7 Å². The second-order valence-corrected chi connectivity index (χ2v) is 6.31. The van der Waals surface area contributed by atoms with E-state index in [0.717, 1.165) is 17.7 Å². The molecule has 0 saturated heterocycles. The minimum absolute atomic E-state index is 0.236. The minimum Gasteiger partial charge on any atom is -0.384 e. The van der Waals surface area contributed by atoms with Crippen LogP contribution in [0.15, 0.2) is 78.4 Å². The Kier molecular flexibility index (Phi) is 4.75. The van der Waals surface area contributed by atoms with Gasteiger partial charge in [-0.1, -0.05) is 72.8 Å². The third kappa shape index (κ3) is 3.61. The summed E-state index contributed by atoms with van der Waals surface area (Å²) in [6.45, 7) is 0.941. The van der Waals surface area contributed by atoms with Crippen LogP contribution in [0.5, 0.6) is 0 Å². The lowest BCUT2D eigenvalue weighted by Gasteiger charge is -2.18. The maximum absolute atomic E-state index is 10.8. The molecule has 23 heavy (non-hydrogen) atoms. The highest BCUT2D eigenvalue weighted by atomic mass is 16.3. The Bertz CT molecular complexity index is 716. The van der Waals surface area contributed by atoms with Crippen molar-refractivity contribution in [1.29, 1.82) is 0 Å². The molecule has 0 aromatic heterocycles. The van der Waals surface area contributed by atoms with E-state index in [4.69, 9.17) is 0 Å². The first kappa shape index (κ1) is 15.7. The Balaban J connectivity index is 1.91. The van der Waals surface area contributed by atoms with Gasteiger partial charge in [0.05, 0.1) is 0 Å². The van der Waals surface area contributed by atoms with Gasteiger partial charge in [0.1, 0.15) is 6.10 Å². The van der Waals surface area contributed by atoms with Crippen LogP contribution in [0.3, 0.4) is 0 Å². The van der Waals surface area contributed by atoms with Crippen molar-refractivity contribution in [3.05, 3.63) is 95.1 Å². The predicted octanol–water partition coefficient (Wildman–Crippen LogP) is 3.91. The zero-order chi connectivity index (χ0) is 16.2. The second kappa shape index (κ2) is 6.95. The van der Waals surface area contributed by atoms with Gasteiger partial charge in [-0.3, -0.25) is 0 Å². The van der Waals surface area contributed by atoms with Gasteiger partial charge in [-0.05, 0) is 36.4 Å². The van der Waals surface area contributed by atoms with Crippen molar-refractivity contribution in [3.63, 3.8) is 0 Å². The molecule has 0 heterocycles. The Morgan fingerprint density at radius 3 is 2.43 bits per heavy atom. The first-order chi connectivity index (χ1) is 11.1. The van der Waals surface area contributed by atoms with E-state index in [1.807, 2.05) is 48.5 Å². The van der Waals surface area contributed by atoms with Crippen LogP contribution in [0.2, 0.25) is 0 Å². The number of hydrogen-bond donors (Lipinski definition) is 1. The highest BCUT2D eigenvalue weighted by Crippen LogP contribution is 2.34. The number of benzene rings is 2. The molecule has 1 N–H and O–H groups in total. The highest BCUT2D eigenvalue weighted by molar-refractivity contribution is 5.46. The number of rotatable bonds is 5. The molecule has 0 spiro atoms. The van der Waals surface area contributed by atoms with E-state index in [-0.39, 0.29) is 5.92 Å². The normalized spacial score (nSPS) is 18.3. The van der Waals surface area contributed by atoms with E-state index in [0.29, 0.717) is 0 Å². The molecular weight excluding hydrogens is 282 g/mol. The van der Waals surface area contributed by atoms with Crippen LogP contribution >= 0.6 is 0 Å². The van der Waals surface area contributed by atoms with Crippen molar-refractivity contribution in [1.82, 2.24) is 4.90 Å². The van der Waals surface area contributed by atoms with E-state index in [2.05, 4.69) is 43.3 Å². The first-order valence-corrected chi connectivity index (χ1v) is 8.00. The molecule has 2 unspecified atom stereocenters. The summed E-state index contributed by atoms with van der Waals surface area (Å²) in [5, 5.41) is 10.8. The van der Waals surface area contributed by atoms with Crippen molar-refractivity contribution in [2.24, 2.45) is 0 Å². The lowest BCUT2D eigenvalue weighted by Crippen LogP contribution is -2.13. The molecule has 0 amide bonds. The summed E-state index contributed by atoms with van der Waals surface area (Å²) >= 11 is 0. The van der Waals surface area contributed by atoms with Crippen molar-refractivity contribution in [2.45, 2.75) is 12.0 Å². The fourth-order valence-corrected chi connectivity index (χ4v) is 3.11. The van der Waals surface area contributed by atoms with E-state index in [1.54, 1.807) is 0 Å². The molecule has 0 radical (unpaired) electrons. The first-order valence-electron chi connectivity index (χ1n) is 8.00. The molecule has 3 rings (SSSR count). The summed E-state index contributed by atoms with van der Waals surface area (Å²) in [6.07, 6.45) is 6.11. The van der Waals surface area contributed by atoms with Crippen molar-refractivity contribution in [3.8, 4) is 0 Å². The average Bonchev–Trinajstić information content (AvgIpc) is 3.02. The van der Waals surface area contributed by atoms with Gasteiger partial charge < -0.3 is 10.0 Å². The van der Waals surface area contributed by atoms with Gasteiger partial charge in [0.15, 0.2) is 0 Å². The van der Waals surface area contributed by atoms with Gasteiger partial charge >= 0.3 is 0 Å². The SMILES string of the molecule is CN(C)CC1=CC(c2ccccc2C(O)c2ccccc2)C=C1. The molecule has 2 heteroatoms. The third-order valence-electron chi connectivity index (χ3n) is 4.18. The zero-order valence-electron chi connectivity index (χ0n) is 13.7. The molecule has 2 atom stereocenters. The van der Waals surface area contributed by atoms with Crippen LogP contribution < -0.4 is 0 Å². The Hall–Kier alpha value is -2.16. The molecule has 2 nitrogen and oxygen atoms in total. The van der Waals surface area contributed by atoms with E-state index >= 15 is 0 Å². The third-order valence-corrected chi connectivity index (χ3v) is 4.18. The van der Waals surface area contributed by atoms with Gasteiger partial charge in [-0.2, -0.15) is 0 Å². The van der Waals surface area contributed by atoms with E-state index < -0.39 is 6.10 Å². The Labute approximate surface area is 138 Å². The molecule has 2 aromatic carbocycles. The number of hydrogen-bond acceptors (Lipinski definition) is 2. The lowest BCUT2D eigenvalue weighted by atomic mass is 9.90. The van der Waals surface area contributed by atoms with Gasteiger partial charge in [-0.25, -0.2) is 0 Å². The van der Waals surface area contributed by atoms with Gasteiger partial charge in [0.2, 0.25) is 0 Å². The molecule has 0 saturated carbocycles. The molecule has 2 aromatic rings. The second-order valence-electron chi connectivity index (χ2n) is 6.31. The number of aliphatic hydroxyl groups is 1. The van der Waals surface area contributed by atoms with Crippen molar-refractivity contribution < 1.29 is 5.11 Å². The Morgan fingerprint density at radius 2 is 1.70 bits per heavy atom. The summed E-state index contributed by atoms with van der Waals surface area (Å²) in [6, 6.07) is 18.0. The molecule has 1 aliphatic rings. The largest absolute Gasteiger partial charge is 0.384 e. The molecular formula is C21H23NO. The zero-order valence-corrected chi connectivity index (χ0v) is 13.7. The Morgan fingerprint density at radius 1 is 1.00 bits per heavy atom. The van der Waals surface area contributed by atoms with E-state index in [1.165, 1.54) is 11.1 Å². The summed E-state index contributed by atoms with van der Waals surface area (Å²) in [7, 11) is 4.16. The topological polar surface area (TPSA) is 23.5 Å². The molecule has 1 aliphatic carbocycles. The molecule has 0 bridgehead atoms. The van der Waals surface area contributed by atoms with Crippen molar-refractivity contribution in [2.75, 3.05) is 20.6 Å². The number of allylic oxidation sites excluding steroid dienone is 2. The fourth-order valence-electron chi connectivity index (χ4n) is 3.11. The summed E-state index contributed by atoms with van der Waals surface area (Å²) in [5.41, 5.74) is 4.41. The molecule has 118 valence electrons.